The Morgan fingerprint density at radius 3 is 2.50 bits per heavy atom. The Bertz CT molecular complexity index is 683. The van der Waals surface area contributed by atoms with Gasteiger partial charge in [-0.1, -0.05) is 25.4 Å². The van der Waals surface area contributed by atoms with E-state index in [1.807, 2.05) is 13.8 Å². The molecule has 0 atom stereocenters. The Balaban J connectivity index is 2.29. The summed E-state index contributed by atoms with van der Waals surface area (Å²) in [6, 6.07) is 4.27. The zero-order chi connectivity index (χ0) is 17.7. The molecular formula is C16H23ClN2O4S. The molecular weight excluding hydrogens is 352 g/mol. The van der Waals surface area contributed by atoms with E-state index in [2.05, 4.69) is 5.32 Å². The van der Waals surface area contributed by atoms with Crippen LogP contribution in [-0.2, 0) is 14.8 Å². The van der Waals surface area contributed by atoms with Gasteiger partial charge < -0.3 is 10.1 Å². The SMILES string of the molecule is CCC(CC)NC(=O)c1cc(S(=O)(=O)N2CCOCC2)ccc1Cl. The fraction of sp³-hybridized carbons (Fsp3) is 0.562. The van der Waals surface area contributed by atoms with Gasteiger partial charge >= 0.3 is 0 Å². The van der Waals surface area contributed by atoms with Crippen LogP contribution in [0.4, 0.5) is 0 Å². The van der Waals surface area contributed by atoms with Crippen LogP contribution >= 0.6 is 11.6 Å². The summed E-state index contributed by atoms with van der Waals surface area (Å²) in [5.41, 5.74) is 0.179. The van der Waals surface area contributed by atoms with Crippen LogP contribution in [0.15, 0.2) is 23.1 Å². The minimum absolute atomic E-state index is 0.0353. The predicted molar refractivity (Wildman–Crippen MR) is 92.9 cm³/mol. The lowest BCUT2D eigenvalue weighted by atomic mass is 10.1. The molecule has 1 aliphatic heterocycles. The first-order valence-corrected chi connectivity index (χ1v) is 9.90. The monoisotopic (exact) mass is 374 g/mol. The Kier molecular flexibility index (Phi) is 6.62. The van der Waals surface area contributed by atoms with Crippen molar-refractivity contribution in [3.63, 3.8) is 0 Å². The standard InChI is InChI=1S/C16H23ClN2O4S/c1-3-12(4-2)18-16(20)14-11-13(5-6-15(14)17)24(21,22)19-7-9-23-10-8-19/h5-6,11-12H,3-4,7-10H2,1-2H3,(H,18,20). The smallest absolute Gasteiger partial charge is 0.253 e. The lowest BCUT2D eigenvalue weighted by Crippen LogP contribution is -2.40. The average molecular weight is 375 g/mol. The highest BCUT2D eigenvalue weighted by molar-refractivity contribution is 7.89. The number of carbonyl (C=O) groups excluding carboxylic acids is 1. The Morgan fingerprint density at radius 2 is 1.92 bits per heavy atom. The predicted octanol–water partition coefficient (Wildman–Crippen LogP) is 2.28. The summed E-state index contributed by atoms with van der Waals surface area (Å²) >= 11 is 6.11. The second kappa shape index (κ2) is 8.29. The van der Waals surface area contributed by atoms with E-state index in [4.69, 9.17) is 16.3 Å². The number of hydrogen-bond acceptors (Lipinski definition) is 4. The molecule has 0 aromatic heterocycles. The van der Waals surface area contributed by atoms with E-state index in [0.717, 1.165) is 12.8 Å². The van der Waals surface area contributed by atoms with E-state index in [0.29, 0.717) is 26.3 Å². The molecule has 0 bridgehead atoms. The van der Waals surface area contributed by atoms with Crippen LogP contribution in [0.25, 0.3) is 0 Å². The van der Waals surface area contributed by atoms with Crippen LogP contribution < -0.4 is 5.32 Å². The largest absolute Gasteiger partial charge is 0.379 e. The van der Waals surface area contributed by atoms with Crippen LogP contribution in [0.5, 0.6) is 0 Å². The minimum Gasteiger partial charge on any atom is -0.379 e. The lowest BCUT2D eigenvalue weighted by molar-refractivity contribution is 0.0730. The average Bonchev–Trinajstić information content (AvgIpc) is 2.60. The molecule has 0 aliphatic carbocycles. The summed E-state index contributed by atoms with van der Waals surface area (Å²) in [6.45, 7) is 5.31. The van der Waals surface area contributed by atoms with E-state index in [-0.39, 0.29) is 27.4 Å². The highest BCUT2D eigenvalue weighted by Gasteiger charge is 2.27. The summed E-state index contributed by atoms with van der Waals surface area (Å²) in [7, 11) is -3.66. The summed E-state index contributed by atoms with van der Waals surface area (Å²) in [4.78, 5) is 12.5. The van der Waals surface area contributed by atoms with Crippen molar-refractivity contribution in [1.82, 2.24) is 9.62 Å². The van der Waals surface area contributed by atoms with Crippen molar-refractivity contribution < 1.29 is 17.9 Å². The summed E-state index contributed by atoms with van der Waals surface area (Å²) in [6.07, 6.45) is 1.59. The number of amides is 1. The Hall–Kier alpha value is -1.15. The Morgan fingerprint density at radius 1 is 1.29 bits per heavy atom. The number of rotatable bonds is 6. The molecule has 1 N–H and O–H groups in total. The molecule has 0 radical (unpaired) electrons. The number of nitrogens with one attached hydrogen (secondary N) is 1. The molecule has 0 spiro atoms. The van der Waals surface area contributed by atoms with Gasteiger partial charge in [-0.05, 0) is 31.0 Å². The van der Waals surface area contributed by atoms with Crippen LogP contribution in [-0.4, -0.2) is 51.0 Å². The normalized spacial score (nSPS) is 16.3. The van der Waals surface area contributed by atoms with Crippen LogP contribution in [0.2, 0.25) is 5.02 Å². The van der Waals surface area contributed by atoms with Gasteiger partial charge in [0.2, 0.25) is 10.0 Å². The van der Waals surface area contributed by atoms with Gasteiger partial charge in [0, 0.05) is 19.1 Å². The Labute approximate surface area is 148 Å². The fourth-order valence-electron chi connectivity index (χ4n) is 2.53. The maximum Gasteiger partial charge on any atom is 0.253 e. The second-order valence-corrected chi connectivity index (χ2v) is 7.99. The molecule has 0 unspecified atom stereocenters. The van der Waals surface area contributed by atoms with Crippen molar-refractivity contribution in [2.24, 2.45) is 0 Å². The summed E-state index contributed by atoms with van der Waals surface area (Å²) in [5.74, 6) is -0.354. The van der Waals surface area contributed by atoms with E-state index in [1.165, 1.54) is 22.5 Å². The molecule has 1 aromatic carbocycles. The van der Waals surface area contributed by atoms with Crippen molar-refractivity contribution in [3.05, 3.63) is 28.8 Å². The van der Waals surface area contributed by atoms with E-state index >= 15 is 0 Å². The van der Waals surface area contributed by atoms with E-state index < -0.39 is 10.0 Å². The maximum atomic E-state index is 12.7. The summed E-state index contributed by atoms with van der Waals surface area (Å²) < 4.78 is 32.0. The minimum atomic E-state index is -3.66. The molecule has 1 aliphatic rings. The van der Waals surface area contributed by atoms with Gasteiger partial charge in [-0.25, -0.2) is 8.42 Å². The number of morpholine rings is 1. The number of hydrogen-bond donors (Lipinski definition) is 1. The van der Waals surface area contributed by atoms with Gasteiger partial charge in [-0.3, -0.25) is 4.79 Å². The number of benzene rings is 1. The molecule has 1 aromatic rings. The number of halogens is 1. The summed E-state index contributed by atoms with van der Waals surface area (Å²) in [5, 5.41) is 3.12. The van der Waals surface area contributed by atoms with Gasteiger partial charge in [0.25, 0.3) is 5.91 Å². The molecule has 1 amide bonds. The molecule has 8 heteroatoms. The lowest BCUT2D eigenvalue weighted by Gasteiger charge is -2.26. The number of sulfonamides is 1. The van der Waals surface area contributed by atoms with Gasteiger partial charge in [0.15, 0.2) is 0 Å². The first-order chi connectivity index (χ1) is 11.4. The van der Waals surface area contributed by atoms with Crippen LogP contribution in [0.1, 0.15) is 37.0 Å². The van der Waals surface area contributed by atoms with Crippen molar-refractivity contribution in [2.75, 3.05) is 26.3 Å². The number of nitrogens with zero attached hydrogens (tertiary/aromatic N) is 1. The van der Waals surface area contributed by atoms with Crippen molar-refractivity contribution in [1.29, 1.82) is 0 Å². The fourth-order valence-corrected chi connectivity index (χ4v) is 4.17. The molecule has 6 nitrogen and oxygen atoms in total. The molecule has 24 heavy (non-hydrogen) atoms. The molecule has 134 valence electrons. The van der Waals surface area contributed by atoms with Crippen LogP contribution in [0, 0.1) is 0 Å². The zero-order valence-corrected chi connectivity index (χ0v) is 15.5. The van der Waals surface area contributed by atoms with Gasteiger partial charge in [-0.15, -0.1) is 0 Å². The molecule has 1 fully saturated rings. The van der Waals surface area contributed by atoms with Crippen molar-refractivity contribution >= 4 is 27.5 Å². The van der Waals surface area contributed by atoms with Crippen molar-refractivity contribution in [2.45, 2.75) is 37.6 Å². The third kappa shape index (κ3) is 4.27. The van der Waals surface area contributed by atoms with E-state index in [9.17, 15) is 13.2 Å². The van der Waals surface area contributed by atoms with Crippen molar-refractivity contribution in [3.8, 4) is 0 Å². The molecule has 1 saturated heterocycles. The quantitative estimate of drug-likeness (QED) is 0.828. The first kappa shape index (κ1) is 19.2. The molecule has 2 rings (SSSR count). The topological polar surface area (TPSA) is 75.7 Å². The highest BCUT2D eigenvalue weighted by atomic mass is 35.5. The van der Waals surface area contributed by atoms with E-state index in [1.54, 1.807) is 0 Å². The zero-order valence-electron chi connectivity index (χ0n) is 13.9. The molecule has 0 saturated carbocycles. The van der Waals surface area contributed by atoms with Crippen LogP contribution in [0.3, 0.4) is 0 Å². The molecule has 1 heterocycles. The van der Waals surface area contributed by atoms with Gasteiger partial charge in [-0.2, -0.15) is 4.31 Å². The third-order valence-corrected chi connectivity index (χ3v) is 6.34. The first-order valence-electron chi connectivity index (χ1n) is 8.08. The second-order valence-electron chi connectivity index (χ2n) is 5.64. The number of carbonyl (C=O) groups is 1. The van der Waals surface area contributed by atoms with Gasteiger partial charge in [0.05, 0.1) is 28.7 Å². The highest BCUT2D eigenvalue weighted by Crippen LogP contribution is 2.24. The number of ether oxygens (including phenoxy) is 1. The van der Waals surface area contributed by atoms with Gasteiger partial charge in [0.1, 0.15) is 0 Å². The third-order valence-electron chi connectivity index (χ3n) is 4.11. The maximum absolute atomic E-state index is 12.7.